The fraction of sp³-hybridized carbons (Fsp3) is 0.440. The van der Waals surface area contributed by atoms with Crippen LogP contribution < -0.4 is 4.74 Å². The van der Waals surface area contributed by atoms with E-state index in [4.69, 9.17) is 9.47 Å². The zero-order valence-electron chi connectivity index (χ0n) is 18.7. The van der Waals surface area contributed by atoms with Crippen LogP contribution in [0.5, 0.6) is 5.75 Å². The number of aromatic carboxylic acids is 1. The molecule has 4 rings (SSSR count). The Hall–Kier alpha value is -2.90. The lowest BCUT2D eigenvalue weighted by Crippen LogP contribution is -2.35. The maximum atomic E-state index is 11.3. The summed E-state index contributed by atoms with van der Waals surface area (Å²) < 4.78 is 13.7. The monoisotopic (exact) mass is 437 g/mol. The van der Waals surface area contributed by atoms with Gasteiger partial charge in [-0.1, -0.05) is 12.1 Å². The molecule has 0 bridgehead atoms. The van der Waals surface area contributed by atoms with Crippen molar-refractivity contribution in [2.24, 2.45) is 0 Å². The van der Waals surface area contributed by atoms with Crippen molar-refractivity contribution in [2.45, 2.75) is 38.8 Å². The van der Waals surface area contributed by atoms with Gasteiger partial charge in [0.2, 0.25) is 0 Å². The van der Waals surface area contributed by atoms with Crippen LogP contribution in [0.15, 0.2) is 48.8 Å². The molecule has 1 unspecified atom stereocenters. The number of ether oxygens (including phenoxy) is 2. The molecule has 1 N–H and O–H groups in total. The van der Waals surface area contributed by atoms with Gasteiger partial charge in [-0.25, -0.2) is 9.78 Å². The summed E-state index contributed by atoms with van der Waals surface area (Å²) in [7, 11) is 0. The molecule has 0 radical (unpaired) electrons. The van der Waals surface area contributed by atoms with Gasteiger partial charge in [0.25, 0.3) is 0 Å². The summed E-state index contributed by atoms with van der Waals surface area (Å²) in [4.78, 5) is 18.3. The Kier molecular flexibility index (Phi) is 7.07. The number of likely N-dealkylation sites (tertiary alicyclic amines) is 1. The number of carboxylic acid groups (broad SMARTS) is 1. The molecule has 2 aromatic heterocycles. The Morgan fingerprint density at radius 2 is 2.00 bits per heavy atom. The zero-order valence-corrected chi connectivity index (χ0v) is 18.7. The molecule has 1 aromatic carbocycles. The molecular formula is C25H31N3O4. The molecule has 1 aliphatic rings. The molecule has 32 heavy (non-hydrogen) atoms. The molecule has 0 saturated carbocycles. The number of aromatic nitrogens is 2. The highest BCUT2D eigenvalue weighted by atomic mass is 16.5. The van der Waals surface area contributed by atoms with E-state index in [9.17, 15) is 9.90 Å². The number of pyridine rings is 1. The van der Waals surface area contributed by atoms with Crippen LogP contribution in [0.25, 0.3) is 11.0 Å². The molecule has 1 aliphatic heterocycles. The smallest absolute Gasteiger partial charge is 0.339 e. The van der Waals surface area contributed by atoms with Crippen LogP contribution in [0.2, 0.25) is 0 Å². The summed E-state index contributed by atoms with van der Waals surface area (Å²) in [6.07, 6.45) is 6.17. The van der Waals surface area contributed by atoms with E-state index in [0.29, 0.717) is 24.9 Å². The molecule has 1 fully saturated rings. The van der Waals surface area contributed by atoms with Crippen molar-refractivity contribution >= 4 is 17.0 Å². The number of para-hydroxylation sites is 1. The number of carbonyl (C=O) groups is 1. The predicted octanol–water partition coefficient (Wildman–Crippen LogP) is 4.55. The van der Waals surface area contributed by atoms with Crippen molar-refractivity contribution in [1.29, 1.82) is 0 Å². The average Bonchev–Trinajstić information content (AvgIpc) is 3.20. The summed E-state index contributed by atoms with van der Waals surface area (Å²) in [5, 5.41) is 10.5. The maximum absolute atomic E-state index is 11.3. The Morgan fingerprint density at radius 3 is 2.75 bits per heavy atom. The minimum absolute atomic E-state index is 0.0444. The van der Waals surface area contributed by atoms with Crippen LogP contribution in [0.3, 0.4) is 0 Å². The second-order valence-corrected chi connectivity index (χ2v) is 8.19. The fourth-order valence-electron chi connectivity index (χ4n) is 4.55. The van der Waals surface area contributed by atoms with Crippen LogP contribution in [-0.2, 0) is 4.74 Å². The summed E-state index contributed by atoms with van der Waals surface area (Å²) in [5.41, 5.74) is 2.54. The lowest BCUT2D eigenvalue weighted by molar-refractivity contribution is 0.0275. The lowest BCUT2D eigenvalue weighted by Gasteiger charge is -2.31. The van der Waals surface area contributed by atoms with Gasteiger partial charge in [0.05, 0.1) is 0 Å². The van der Waals surface area contributed by atoms with Gasteiger partial charge in [-0.3, -0.25) is 4.90 Å². The van der Waals surface area contributed by atoms with E-state index in [1.165, 1.54) is 10.9 Å². The van der Waals surface area contributed by atoms with E-state index in [-0.39, 0.29) is 11.8 Å². The third-order valence-corrected chi connectivity index (χ3v) is 6.23. The molecule has 1 atom stereocenters. The number of rotatable bonds is 9. The lowest BCUT2D eigenvalue weighted by atomic mass is 9.89. The molecule has 7 nitrogen and oxygen atoms in total. The molecule has 1 saturated heterocycles. The molecule has 170 valence electrons. The molecule has 3 heterocycles. The SMILES string of the molecule is CCOC(C)n1cc(C2CCN(CCOc3ccccc3C(=O)O)CC2)c2cccnc21. The second kappa shape index (κ2) is 10.1. The van der Waals surface area contributed by atoms with Crippen LogP contribution in [-0.4, -0.2) is 58.4 Å². The second-order valence-electron chi connectivity index (χ2n) is 8.19. The van der Waals surface area contributed by atoms with Crippen molar-refractivity contribution in [3.63, 3.8) is 0 Å². The molecule has 3 aromatic rings. The van der Waals surface area contributed by atoms with Crippen molar-refractivity contribution in [3.05, 3.63) is 59.9 Å². The zero-order chi connectivity index (χ0) is 22.5. The Morgan fingerprint density at radius 1 is 1.22 bits per heavy atom. The van der Waals surface area contributed by atoms with Gasteiger partial charge in [-0.2, -0.15) is 0 Å². The first kappa shape index (κ1) is 22.3. The number of nitrogens with zero attached hydrogens (tertiary/aromatic N) is 3. The number of hydrogen-bond donors (Lipinski definition) is 1. The largest absolute Gasteiger partial charge is 0.491 e. The minimum atomic E-state index is -0.964. The van der Waals surface area contributed by atoms with E-state index < -0.39 is 5.97 Å². The normalized spacial score (nSPS) is 16.3. The number of hydrogen-bond acceptors (Lipinski definition) is 5. The molecule has 0 amide bonds. The van der Waals surface area contributed by atoms with E-state index >= 15 is 0 Å². The highest BCUT2D eigenvalue weighted by molar-refractivity contribution is 5.90. The predicted molar refractivity (Wildman–Crippen MR) is 123 cm³/mol. The molecular weight excluding hydrogens is 406 g/mol. The molecule has 7 heteroatoms. The Labute approximate surface area is 188 Å². The van der Waals surface area contributed by atoms with Gasteiger partial charge in [-0.05, 0) is 75.5 Å². The number of benzene rings is 1. The number of piperidine rings is 1. The third-order valence-electron chi connectivity index (χ3n) is 6.23. The van der Waals surface area contributed by atoms with Gasteiger partial charge in [0.15, 0.2) is 0 Å². The molecule has 0 spiro atoms. The van der Waals surface area contributed by atoms with E-state index in [2.05, 4.69) is 33.6 Å². The first-order valence-corrected chi connectivity index (χ1v) is 11.3. The fourth-order valence-corrected chi connectivity index (χ4v) is 4.55. The van der Waals surface area contributed by atoms with Crippen LogP contribution in [0, 0.1) is 0 Å². The highest BCUT2D eigenvalue weighted by Crippen LogP contribution is 2.35. The van der Waals surface area contributed by atoms with E-state index in [1.807, 2.05) is 19.2 Å². The van der Waals surface area contributed by atoms with Gasteiger partial charge >= 0.3 is 5.97 Å². The Balaban J connectivity index is 1.36. The molecule has 0 aliphatic carbocycles. The highest BCUT2D eigenvalue weighted by Gasteiger charge is 2.25. The quantitative estimate of drug-likeness (QED) is 0.529. The maximum Gasteiger partial charge on any atom is 0.339 e. The summed E-state index contributed by atoms with van der Waals surface area (Å²) in [5.74, 6) is -0.0472. The van der Waals surface area contributed by atoms with Crippen molar-refractivity contribution in [1.82, 2.24) is 14.5 Å². The van der Waals surface area contributed by atoms with Gasteiger partial charge < -0.3 is 19.1 Å². The van der Waals surface area contributed by atoms with Crippen molar-refractivity contribution in [2.75, 3.05) is 32.8 Å². The Bertz CT molecular complexity index is 1060. The average molecular weight is 438 g/mol. The van der Waals surface area contributed by atoms with Crippen LogP contribution >= 0.6 is 0 Å². The van der Waals surface area contributed by atoms with Crippen LogP contribution in [0.1, 0.15) is 54.8 Å². The van der Waals surface area contributed by atoms with Gasteiger partial charge in [-0.15, -0.1) is 0 Å². The minimum Gasteiger partial charge on any atom is -0.491 e. The number of carboxylic acids is 1. The van der Waals surface area contributed by atoms with Crippen molar-refractivity contribution < 1.29 is 19.4 Å². The van der Waals surface area contributed by atoms with Crippen LogP contribution in [0.4, 0.5) is 0 Å². The third kappa shape index (κ3) is 4.79. The topological polar surface area (TPSA) is 76.8 Å². The van der Waals surface area contributed by atoms with Gasteiger partial charge in [0, 0.05) is 30.9 Å². The van der Waals surface area contributed by atoms with E-state index in [1.54, 1.807) is 24.3 Å². The first-order valence-electron chi connectivity index (χ1n) is 11.3. The van der Waals surface area contributed by atoms with Gasteiger partial charge in [0.1, 0.15) is 29.8 Å². The standard InChI is InChI=1S/C25H31N3O4/c1-3-31-18(2)28-17-22(20-8-6-12-26-24(20)28)19-10-13-27(14-11-19)15-16-32-23-9-5-4-7-21(23)25(29)30/h4-9,12,17-19H,3,10-11,13-16H2,1-2H3,(H,29,30). The summed E-state index contributed by atoms with van der Waals surface area (Å²) in [6, 6.07) is 11.0. The summed E-state index contributed by atoms with van der Waals surface area (Å²) >= 11 is 0. The first-order chi connectivity index (χ1) is 15.6. The number of fused-ring (bicyclic) bond motifs is 1. The van der Waals surface area contributed by atoms with E-state index in [0.717, 1.165) is 38.1 Å². The van der Waals surface area contributed by atoms with Crippen molar-refractivity contribution in [3.8, 4) is 5.75 Å². The summed E-state index contributed by atoms with van der Waals surface area (Å²) in [6.45, 7) is 7.98.